The first-order valence-corrected chi connectivity index (χ1v) is 17.2. The third kappa shape index (κ3) is 29.6. The molecule has 2 amide bonds. The lowest BCUT2D eigenvalue weighted by atomic mass is 10.2. The molecule has 4 unspecified atom stereocenters. The third-order valence-corrected chi connectivity index (χ3v) is 6.47. The van der Waals surface area contributed by atoms with Gasteiger partial charge in [-0.2, -0.15) is 0 Å². The molecule has 0 aliphatic rings. The molecular weight excluding hydrogens is 640 g/mol. The van der Waals surface area contributed by atoms with Crippen LogP contribution in [0.3, 0.4) is 0 Å². The standard InChI is InChI=1S/C35H62N2O12/c1-26(2)33(39)47-23-29(6)44-19-13-17-42-21-28(5)46-25-32(38)36-15-11-9-10-12-16-37-35(41)49-31(8)22-43-18-14-20-45-30(7)24-48-34(40)27(3)4/h28-31H,1,3,9-25H2,2,4-8H3,(H,36,38)(H,37,41). The van der Waals surface area contributed by atoms with E-state index in [2.05, 4.69) is 23.8 Å². The van der Waals surface area contributed by atoms with Gasteiger partial charge in [0.05, 0.1) is 31.5 Å². The van der Waals surface area contributed by atoms with Crippen LogP contribution in [0.25, 0.3) is 0 Å². The smallest absolute Gasteiger partial charge is 0.407 e. The predicted octanol–water partition coefficient (Wildman–Crippen LogP) is 4.05. The number of nitrogens with one attached hydrogen (secondary N) is 2. The molecular formula is C35H62N2O12. The monoisotopic (exact) mass is 702 g/mol. The number of amides is 2. The summed E-state index contributed by atoms with van der Waals surface area (Å²) < 4.78 is 43.2. The van der Waals surface area contributed by atoms with Gasteiger partial charge in [0.15, 0.2) is 0 Å². The van der Waals surface area contributed by atoms with Gasteiger partial charge >= 0.3 is 18.0 Å². The summed E-state index contributed by atoms with van der Waals surface area (Å²) in [4.78, 5) is 46.8. The van der Waals surface area contributed by atoms with E-state index in [9.17, 15) is 19.2 Å². The maximum absolute atomic E-state index is 12.0. The number of rotatable bonds is 31. The number of carbonyl (C=O) groups excluding carboxylic acids is 4. The molecule has 0 radical (unpaired) electrons. The molecule has 0 aromatic rings. The van der Waals surface area contributed by atoms with Crippen molar-refractivity contribution in [1.82, 2.24) is 10.6 Å². The first-order chi connectivity index (χ1) is 23.3. The lowest BCUT2D eigenvalue weighted by Gasteiger charge is -2.15. The number of alkyl carbamates (subject to hydrolysis) is 1. The normalized spacial score (nSPS) is 13.4. The number of esters is 2. The second-order valence-corrected chi connectivity index (χ2v) is 12.0. The van der Waals surface area contributed by atoms with Crippen LogP contribution in [0.2, 0.25) is 0 Å². The molecule has 14 heteroatoms. The minimum Gasteiger partial charge on any atom is -0.460 e. The zero-order valence-electron chi connectivity index (χ0n) is 30.6. The minimum absolute atomic E-state index is 0.0341. The fourth-order valence-corrected chi connectivity index (χ4v) is 3.72. The van der Waals surface area contributed by atoms with Gasteiger partial charge in [-0.1, -0.05) is 26.0 Å². The highest BCUT2D eigenvalue weighted by atomic mass is 16.6. The number of unbranched alkanes of at least 4 members (excludes halogenated alkanes) is 3. The number of carbonyl (C=O) groups is 4. The lowest BCUT2D eigenvalue weighted by molar-refractivity contribution is -0.143. The fraction of sp³-hybridized carbons (Fsp3) is 0.771. The van der Waals surface area contributed by atoms with Gasteiger partial charge in [-0.15, -0.1) is 0 Å². The molecule has 0 rings (SSSR count). The third-order valence-electron chi connectivity index (χ3n) is 6.47. The molecule has 0 spiro atoms. The van der Waals surface area contributed by atoms with Gasteiger partial charge in [0, 0.05) is 50.7 Å². The Balaban J connectivity index is 3.60. The highest BCUT2D eigenvalue weighted by molar-refractivity contribution is 5.87. The average Bonchev–Trinajstić information content (AvgIpc) is 3.05. The highest BCUT2D eigenvalue weighted by Crippen LogP contribution is 2.02. The van der Waals surface area contributed by atoms with E-state index in [0.717, 1.165) is 25.7 Å². The van der Waals surface area contributed by atoms with Gasteiger partial charge in [-0.05, 0) is 67.2 Å². The Kier molecular flexibility index (Phi) is 28.0. The minimum atomic E-state index is -0.483. The van der Waals surface area contributed by atoms with Crippen molar-refractivity contribution in [3.05, 3.63) is 24.3 Å². The molecule has 14 nitrogen and oxygen atoms in total. The lowest BCUT2D eigenvalue weighted by Crippen LogP contribution is -2.31. The Morgan fingerprint density at radius 1 is 0.551 bits per heavy atom. The van der Waals surface area contributed by atoms with E-state index in [1.807, 2.05) is 20.8 Å². The van der Waals surface area contributed by atoms with Crippen molar-refractivity contribution in [2.24, 2.45) is 0 Å². The molecule has 0 fully saturated rings. The largest absolute Gasteiger partial charge is 0.460 e. The van der Waals surface area contributed by atoms with Crippen LogP contribution in [0, 0.1) is 0 Å². The maximum Gasteiger partial charge on any atom is 0.407 e. The summed E-state index contributed by atoms with van der Waals surface area (Å²) in [6.45, 7) is 21.4. The van der Waals surface area contributed by atoms with Crippen LogP contribution < -0.4 is 10.6 Å². The summed E-state index contributed by atoms with van der Waals surface area (Å²) >= 11 is 0. The topological polar surface area (TPSA) is 166 Å². The van der Waals surface area contributed by atoms with Crippen molar-refractivity contribution in [3.63, 3.8) is 0 Å². The summed E-state index contributed by atoms with van der Waals surface area (Å²) in [5, 5.41) is 5.59. The SMILES string of the molecule is C=C(C)C(=O)OCC(C)OCCCOCC(C)OCC(=O)NCCCCCCNC(=O)OC(C)COCCCOC(C)COC(=O)C(=C)C. The Hall–Kier alpha value is -3.04. The molecule has 0 saturated heterocycles. The summed E-state index contributed by atoms with van der Waals surface area (Å²) in [6, 6.07) is 0. The van der Waals surface area contributed by atoms with E-state index in [-0.39, 0.29) is 50.6 Å². The van der Waals surface area contributed by atoms with Crippen LogP contribution in [-0.4, -0.2) is 121 Å². The van der Waals surface area contributed by atoms with Crippen LogP contribution in [-0.2, 0) is 52.3 Å². The van der Waals surface area contributed by atoms with E-state index in [1.54, 1.807) is 20.8 Å². The number of ether oxygens (including phenoxy) is 8. The van der Waals surface area contributed by atoms with E-state index in [1.165, 1.54) is 0 Å². The zero-order valence-corrected chi connectivity index (χ0v) is 30.6. The van der Waals surface area contributed by atoms with Gasteiger partial charge in [-0.25, -0.2) is 14.4 Å². The molecule has 0 aromatic heterocycles. The molecule has 0 aliphatic heterocycles. The fourth-order valence-electron chi connectivity index (χ4n) is 3.72. The molecule has 0 saturated carbocycles. The van der Waals surface area contributed by atoms with Crippen molar-refractivity contribution in [2.75, 3.05) is 72.6 Å². The molecule has 0 aliphatic carbocycles. The molecule has 2 N–H and O–H groups in total. The maximum atomic E-state index is 12.0. The Labute approximate surface area is 292 Å². The van der Waals surface area contributed by atoms with Crippen molar-refractivity contribution < 1.29 is 57.1 Å². The van der Waals surface area contributed by atoms with Crippen LogP contribution in [0.4, 0.5) is 4.79 Å². The molecule has 0 bridgehead atoms. The van der Waals surface area contributed by atoms with E-state index >= 15 is 0 Å². The van der Waals surface area contributed by atoms with Crippen LogP contribution in [0.1, 0.15) is 80.1 Å². The second-order valence-electron chi connectivity index (χ2n) is 12.0. The van der Waals surface area contributed by atoms with Gasteiger partial charge in [-0.3, -0.25) is 4.79 Å². The van der Waals surface area contributed by atoms with Crippen LogP contribution in [0.15, 0.2) is 24.3 Å². The second kappa shape index (κ2) is 29.8. The molecule has 49 heavy (non-hydrogen) atoms. The quantitative estimate of drug-likeness (QED) is 0.0462. The number of hydrogen-bond acceptors (Lipinski definition) is 12. The van der Waals surface area contributed by atoms with Crippen molar-refractivity contribution in [1.29, 1.82) is 0 Å². The molecule has 0 aromatic carbocycles. The van der Waals surface area contributed by atoms with Crippen molar-refractivity contribution in [3.8, 4) is 0 Å². The van der Waals surface area contributed by atoms with Crippen LogP contribution in [0.5, 0.6) is 0 Å². The van der Waals surface area contributed by atoms with Crippen molar-refractivity contribution >= 4 is 23.9 Å². The van der Waals surface area contributed by atoms with Gasteiger partial charge in [0.1, 0.15) is 25.9 Å². The Bertz CT molecular complexity index is 961. The average molecular weight is 703 g/mol. The van der Waals surface area contributed by atoms with Gasteiger partial charge in [0.25, 0.3) is 0 Å². The Morgan fingerprint density at radius 2 is 1.00 bits per heavy atom. The molecule has 0 heterocycles. The van der Waals surface area contributed by atoms with Gasteiger partial charge in [0.2, 0.25) is 5.91 Å². The summed E-state index contributed by atoms with van der Waals surface area (Å²) in [7, 11) is 0. The first-order valence-electron chi connectivity index (χ1n) is 17.2. The van der Waals surface area contributed by atoms with Gasteiger partial charge < -0.3 is 48.5 Å². The van der Waals surface area contributed by atoms with Crippen LogP contribution >= 0.6 is 0 Å². The highest BCUT2D eigenvalue weighted by Gasteiger charge is 2.12. The summed E-state index contributed by atoms with van der Waals surface area (Å²) in [5.74, 6) is -1.04. The molecule has 284 valence electrons. The summed E-state index contributed by atoms with van der Waals surface area (Å²) in [5.41, 5.74) is 0.705. The Morgan fingerprint density at radius 3 is 1.49 bits per heavy atom. The van der Waals surface area contributed by atoms with E-state index in [4.69, 9.17) is 37.9 Å². The molecule has 4 atom stereocenters. The van der Waals surface area contributed by atoms with Crippen molar-refractivity contribution in [2.45, 2.75) is 104 Å². The summed E-state index contributed by atoms with van der Waals surface area (Å²) in [6.07, 6.45) is 3.24. The zero-order chi connectivity index (χ0) is 36.9. The van der Waals surface area contributed by atoms with E-state index < -0.39 is 24.1 Å². The predicted molar refractivity (Wildman–Crippen MR) is 184 cm³/mol. The van der Waals surface area contributed by atoms with E-state index in [0.29, 0.717) is 70.1 Å². The number of hydrogen-bond donors (Lipinski definition) is 2. The first kappa shape index (κ1) is 46.0.